The fourth-order valence-corrected chi connectivity index (χ4v) is 7.37. The second-order valence-corrected chi connectivity index (χ2v) is 17.5. The summed E-state index contributed by atoms with van der Waals surface area (Å²) in [4.78, 5) is -0.0254. The maximum atomic E-state index is 12.1. The zero-order valence-corrected chi connectivity index (χ0v) is 24.9. The van der Waals surface area contributed by atoms with E-state index in [0.717, 1.165) is 11.1 Å². The molecule has 0 unspecified atom stereocenters. The first kappa shape index (κ1) is 33.2. The van der Waals surface area contributed by atoms with Crippen molar-refractivity contribution in [2.24, 2.45) is 0 Å². The maximum absolute atomic E-state index is 12.1. The van der Waals surface area contributed by atoms with Crippen LogP contribution in [0.4, 0.5) is 0 Å². The quantitative estimate of drug-likeness (QED) is 0.196. The molecule has 0 bridgehead atoms. The molecule has 0 aliphatic carbocycles. The fourth-order valence-electron chi connectivity index (χ4n) is 2.32. The summed E-state index contributed by atoms with van der Waals surface area (Å²) in [5, 5.41) is 0. The zero-order chi connectivity index (χ0) is 27.6. The summed E-state index contributed by atoms with van der Waals surface area (Å²) >= 11 is 10.4. The molecule has 0 radical (unpaired) electrons. The molecule has 0 spiro atoms. The van der Waals surface area contributed by atoms with Crippen molar-refractivity contribution in [2.45, 2.75) is 37.5 Å². The highest BCUT2D eigenvalue weighted by Gasteiger charge is 2.28. The van der Waals surface area contributed by atoms with E-state index >= 15 is 0 Å². The standard InChI is InChI=1S/C12H19O6PS.C8H9Cl2O4PS/c1-4-16-19(13,17-5-2)10-18-20(14,15)12-8-6-11(3)7-9-12;1-7-2-4-8(5-3-7)16(12,13)14-6-15(9,10)11/h6-9H,4-5,10H2,1-3H3;2-5H,6H2,1H3. The number of rotatable bonds is 12. The van der Waals surface area contributed by atoms with Gasteiger partial charge in [-0.1, -0.05) is 35.4 Å². The molecule has 0 aliphatic rings. The van der Waals surface area contributed by atoms with Crippen LogP contribution >= 0.6 is 35.9 Å². The highest BCUT2D eigenvalue weighted by molar-refractivity contribution is 8.08. The molecule has 2 rings (SSSR count). The van der Waals surface area contributed by atoms with Gasteiger partial charge < -0.3 is 9.05 Å². The Labute approximate surface area is 221 Å². The maximum Gasteiger partial charge on any atom is 0.357 e. The number of halogens is 2. The lowest BCUT2D eigenvalue weighted by atomic mass is 10.2. The number of benzene rings is 2. The summed E-state index contributed by atoms with van der Waals surface area (Å²) in [5.74, 6) is -3.55. The van der Waals surface area contributed by atoms with Gasteiger partial charge in [0.15, 0.2) is 6.35 Å². The van der Waals surface area contributed by atoms with Gasteiger partial charge >= 0.3 is 7.60 Å². The Morgan fingerprint density at radius 3 is 1.31 bits per heavy atom. The Morgan fingerprint density at radius 2 is 1.00 bits per heavy atom. The van der Waals surface area contributed by atoms with Gasteiger partial charge in [-0.25, -0.2) is 0 Å². The van der Waals surface area contributed by atoms with E-state index in [0.29, 0.717) is 0 Å². The van der Waals surface area contributed by atoms with Crippen molar-refractivity contribution < 1.29 is 43.4 Å². The van der Waals surface area contributed by atoms with Crippen molar-refractivity contribution in [2.75, 3.05) is 25.9 Å². The van der Waals surface area contributed by atoms with Crippen LogP contribution in [0.3, 0.4) is 0 Å². The molecule has 0 atom stereocenters. The van der Waals surface area contributed by atoms with E-state index in [-0.39, 0.29) is 23.0 Å². The molecule has 2 aromatic rings. The lowest BCUT2D eigenvalue weighted by Crippen LogP contribution is -2.10. The molecular formula is C20H28Cl2O10P2S2. The topological polar surface area (TPSA) is 139 Å². The Bertz CT molecular complexity index is 1270. The van der Waals surface area contributed by atoms with Gasteiger partial charge in [-0.2, -0.15) is 16.8 Å². The summed E-state index contributed by atoms with van der Waals surface area (Å²) in [6, 6.07) is 12.2. The molecule has 0 saturated carbocycles. The van der Waals surface area contributed by atoms with E-state index < -0.39 is 46.4 Å². The van der Waals surface area contributed by atoms with Crippen LogP contribution in [0, 0.1) is 13.8 Å². The molecular weight excluding hydrogens is 597 g/mol. The van der Waals surface area contributed by atoms with Crippen LogP contribution in [0.1, 0.15) is 25.0 Å². The average Bonchev–Trinajstić information content (AvgIpc) is 2.78. The molecule has 0 saturated heterocycles. The lowest BCUT2D eigenvalue weighted by Gasteiger charge is -2.16. The van der Waals surface area contributed by atoms with Gasteiger partial charge in [0, 0.05) is 0 Å². The smallest absolute Gasteiger partial charge is 0.307 e. The minimum Gasteiger partial charge on any atom is -0.307 e. The van der Waals surface area contributed by atoms with E-state index in [1.807, 2.05) is 13.8 Å². The van der Waals surface area contributed by atoms with Crippen LogP contribution in [0.25, 0.3) is 0 Å². The van der Waals surface area contributed by atoms with Gasteiger partial charge in [0.05, 0.1) is 23.0 Å². The Morgan fingerprint density at radius 1 is 0.667 bits per heavy atom. The zero-order valence-electron chi connectivity index (χ0n) is 20.0. The monoisotopic (exact) mass is 624 g/mol. The van der Waals surface area contributed by atoms with Crippen LogP contribution in [0.15, 0.2) is 58.3 Å². The highest BCUT2D eigenvalue weighted by Crippen LogP contribution is 2.56. The molecule has 2 aromatic carbocycles. The van der Waals surface area contributed by atoms with Gasteiger partial charge in [0.2, 0.25) is 0 Å². The van der Waals surface area contributed by atoms with Crippen molar-refractivity contribution in [1.82, 2.24) is 0 Å². The fraction of sp³-hybridized carbons (Fsp3) is 0.400. The molecule has 36 heavy (non-hydrogen) atoms. The third-order valence-electron chi connectivity index (χ3n) is 4.00. The minimum atomic E-state index is -3.98. The molecule has 16 heteroatoms. The molecule has 10 nitrogen and oxygen atoms in total. The average molecular weight is 625 g/mol. The van der Waals surface area contributed by atoms with Crippen LogP contribution in [0.2, 0.25) is 0 Å². The van der Waals surface area contributed by atoms with Crippen molar-refractivity contribution in [3.63, 3.8) is 0 Å². The van der Waals surface area contributed by atoms with Crippen molar-refractivity contribution >= 4 is 56.2 Å². The van der Waals surface area contributed by atoms with Crippen LogP contribution in [-0.2, 0) is 46.8 Å². The Kier molecular flexibility index (Phi) is 13.3. The van der Waals surface area contributed by atoms with E-state index in [2.05, 4.69) is 4.18 Å². The number of aryl methyl sites for hydroxylation is 2. The molecule has 0 amide bonds. The van der Waals surface area contributed by atoms with E-state index in [9.17, 15) is 26.0 Å². The van der Waals surface area contributed by atoms with Crippen molar-refractivity contribution in [1.29, 1.82) is 0 Å². The van der Waals surface area contributed by atoms with Gasteiger partial charge in [-0.3, -0.25) is 17.5 Å². The molecule has 0 aromatic heterocycles. The second-order valence-electron chi connectivity index (χ2n) is 7.04. The van der Waals surface area contributed by atoms with Crippen molar-refractivity contribution in [3.8, 4) is 0 Å². The van der Waals surface area contributed by atoms with E-state index in [4.69, 9.17) is 35.7 Å². The predicted octanol–water partition coefficient (Wildman–Crippen LogP) is 6.25. The first-order valence-electron chi connectivity index (χ1n) is 10.3. The summed E-state index contributed by atoms with van der Waals surface area (Å²) in [5.41, 5.74) is 1.84. The normalized spacial score (nSPS) is 12.6. The highest BCUT2D eigenvalue weighted by atomic mass is 35.9. The first-order chi connectivity index (χ1) is 16.5. The van der Waals surface area contributed by atoms with Gasteiger partial charge in [-0.15, -0.1) is 0 Å². The number of hydrogen-bond donors (Lipinski definition) is 0. The molecule has 204 valence electrons. The minimum absolute atomic E-state index is 0.00245. The SMILES string of the molecule is CCOP(=O)(COS(=O)(=O)c1ccc(C)cc1)OCC.Cc1ccc(S(=O)(=O)OCP(=O)(Cl)Cl)cc1. The second kappa shape index (κ2) is 14.4. The molecule has 0 N–H and O–H groups in total. The number of hydrogen-bond acceptors (Lipinski definition) is 10. The predicted molar refractivity (Wildman–Crippen MR) is 139 cm³/mol. The van der Waals surface area contributed by atoms with Gasteiger partial charge in [0.1, 0.15) is 6.35 Å². The third kappa shape index (κ3) is 12.2. The van der Waals surface area contributed by atoms with E-state index in [1.54, 1.807) is 38.1 Å². The summed E-state index contributed by atoms with van der Waals surface area (Å²) in [6.45, 7) is 7.23. The van der Waals surface area contributed by atoms with Crippen LogP contribution in [-0.4, -0.2) is 42.7 Å². The lowest BCUT2D eigenvalue weighted by molar-refractivity contribution is 0.198. The van der Waals surface area contributed by atoms with Crippen molar-refractivity contribution in [3.05, 3.63) is 59.7 Å². The third-order valence-corrected chi connectivity index (χ3v) is 9.66. The summed E-state index contributed by atoms with van der Waals surface area (Å²) < 4.78 is 89.1. The first-order valence-corrected chi connectivity index (χ1v) is 18.6. The molecule has 0 fully saturated rings. The van der Waals surface area contributed by atoms with Gasteiger partial charge in [0.25, 0.3) is 26.1 Å². The Balaban J connectivity index is 0.000000369. The van der Waals surface area contributed by atoms with Crippen LogP contribution in [0.5, 0.6) is 0 Å². The van der Waals surface area contributed by atoms with Crippen LogP contribution < -0.4 is 0 Å². The molecule has 0 heterocycles. The summed E-state index contributed by atoms with van der Waals surface area (Å²) in [7, 11) is -11.5. The summed E-state index contributed by atoms with van der Waals surface area (Å²) in [6.07, 6.45) is -1.36. The largest absolute Gasteiger partial charge is 0.357 e. The van der Waals surface area contributed by atoms with E-state index in [1.165, 1.54) is 24.3 Å². The molecule has 0 aliphatic heterocycles. The Hall–Kier alpha value is -0.780. The van der Waals surface area contributed by atoms with Gasteiger partial charge in [-0.05, 0) is 74.4 Å².